The van der Waals surface area contributed by atoms with E-state index in [0.717, 1.165) is 6.42 Å². The van der Waals surface area contributed by atoms with E-state index in [4.69, 9.17) is 0 Å². The molecule has 1 aromatic rings. The maximum absolute atomic E-state index is 12.1. The molecule has 1 aromatic carbocycles. The van der Waals surface area contributed by atoms with Gasteiger partial charge in [0, 0.05) is 19.0 Å². The monoisotopic (exact) mass is 338 g/mol. The maximum Gasteiger partial charge on any atom is 0.223 e. The molecule has 23 heavy (non-hydrogen) atoms. The maximum atomic E-state index is 12.1. The minimum atomic E-state index is -3.28. The molecule has 128 valence electrons. The Morgan fingerprint density at radius 3 is 2.48 bits per heavy atom. The van der Waals surface area contributed by atoms with Gasteiger partial charge >= 0.3 is 0 Å². The van der Waals surface area contributed by atoms with E-state index in [0.29, 0.717) is 12.5 Å². The average molecular weight is 338 g/mol. The fourth-order valence-electron chi connectivity index (χ4n) is 2.71. The van der Waals surface area contributed by atoms with Crippen LogP contribution in [0.25, 0.3) is 0 Å². The van der Waals surface area contributed by atoms with Crippen LogP contribution in [0.1, 0.15) is 50.2 Å². The molecular formula is C17H26N2O3S. The van der Waals surface area contributed by atoms with E-state index in [1.165, 1.54) is 11.1 Å². The zero-order chi connectivity index (χ0) is 17.0. The van der Waals surface area contributed by atoms with Gasteiger partial charge in [-0.15, -0.1) is 0 Å². The van der Waals surface area contributed by atoms with Gasteiger partial charge in [0.1, 0.15) is 0 Å². The van der Waals surface area contributed by atoms with E-state index >= 15 is 0 Å². The standard InChI is InChI=1S/C17H26N2O3S/c1-4-19-23(21,22)10-9-18-17(20)16-11-15(16)14-7-5-13(6-8-14)12(2)3/h5-8,12,15-16,19H,4,9-11H2,1-3H3,(H,18,20)/t15-,16-/m0/s1. The summed E-state index contributed by atoms with van der Waals surface area (Å²) in [4.78, 5) is 12.1. The van der Waals surface area contributed by atoms with Crippen LogP contribution >= 0.6 is 0 Å². The predicted octanol–water partition coefficient (Wildman–Crippen LogP) is 1.97. The van der Waals surface area contributed by atoms with Crippen molar-refractivity contribution in [3.05, 3.63) is 35.4 Å². The first-order valence-electron chi connectivity index (χ1n) is 8.19. The number of hydrogen-bond acceptors (Lipinski definition) is 3. The lowest BCUT2D eigenvalue weighted by atomic mass is 10.00. The van der Waals surface area contributed by atoms with E-state index < -0.39 is 10.0 Å². The Balaban J connectivity index is 1.80. The van der Waals surface area contributed by atoms with Gasteiger partial charge in [-0.1, -0.05) is 45.0 Å². The van der Waals surface area contributed by atoms with Crippen molar-refractivity contribution in [2.24, 2.45) is 5.92 Å². The van der Waals surface area contributed by atoms with Crippen LogP contribution in [0.15, 0.2) is 24.3 Å². The third kappa shape index (κ3) is 5.04. The smallest absolute Gasteiger partial charge is 0.223 e. The summed E-state index contributed by atoms with van der Waals surface area (Å²) in [7, 11) is -3.28. The molecule has 1 amide bonds. The lowest BCUT2D eigenvalue weighted by molar-refractivity contribution is -0.122. The van der Waals surface area contributed by atoms with Crippen LogP contribution in [0.3, 0.4) is 0 Å². The third-order valence-corrected chi connectivity index (χ3v) is 5.66. The quantitative estimate of drug-likeness (QED) is 0.761. The Hall–Kier alpha value is -1.40. The minimum Gasteiger partial charge on any atom is -0.355 e. The van der Waals surface area contributed by atoms with Crippen LogP contribution < -0.4 is 10.0 Å². The van der Waals surface area contributed by atoms with Gasteiger partial charge < -0.3 is 5.32 Å². The number of nitrogens with one attached hydrogen (secondary N) is 2. The Bertz CT molecular complexity index is 638. The molecule has 0 radical (unpaired) electrons. The largest absolute Gasteiger partial charge is 0.355 e. The third-order valence-electron chi connectivity index (χ3n) is 4.19. The van der Waals surface area contributed by atoms with Crippen molar-refractivity contribution in [2.45, 2.75) is 39.0 Å². The fourth-order valence-corrected chi connectivity index (χ4v) is 3.67. The van der Waals surface area contributed by atoms with Crippen LogP contribution in [-0.4, -0.2) is 33.2 Å². The fraction of sp³-hybridized carbons (Fsp3) is 0.588. The molecule has 0 bridgehead atoms. The van der Waals surface area contributed by atoms with Gasteiger partial charge in [-0.2, -0.15) is 0 Å². The van der Waals surface area contributed by atoms with Crippen molar-refractivity contribution in [3.8, 4) is 0 Å². The molecule has 0 saturated heterocycles. The lowest BCUT2D eigenvalue weighted by Crippen LogP contribution is -2.35. The van der Waals surface area contributed by atoms with Crippen molar-refractivity contribution < 1.29 is 13.2 Å². The molecule has 1 aliphatic carbocycles. The first kappa shape index (κ1) is 17.9. The van der Waals surface area contributed by atoms with Gasteiger partial charge in [-0.05, 0) is 29.4 Å². The zero-order valence-corrected chi connectivity index (χ0v) is 14.8. The molecule has 2 atom stereocenters. The summed E-state index contributed by atoms with van der Waals surface area (Å²) in [5.74, 6) is 0.617. The number of benzene rings is 1. The average Bonchev–Trinajstić information content (AvgIpc) is 3.27. The first-order valence-corrected chi connectivity index (χ1v) is 9.84. The molecule has 2 rings (SSSR count). The summed E-state index contributed by atoms with van der Waals surface area (Å²) in [5.41, 5.74) is 2.49. The summed E-state index contributed by atoms with van der Waals surface area (Å²) < 4.78 is 25.4. The number of hydrogen-bond donors (Lipinski definition) is 2. The lowest BCUT2D eigenvalue weighted by Gasteiger charge is -2.08. The highest BCUT2D eigenvalue weighted by Gasteiger charge is 2.43. The van der Waals surface area contributed by atoms with Crippen molar-refractivity contribution in [1.82, 2.24) is 10.0 Å². The molecule has 0 aliphatic heterocycles. The van der Waals surface area contributed by atoms with E-state index in [2.05, 4.69) is 48.2 Å². The van der Waals surface area contributed by atoms with Crippen LogP contribution in [0.5, 0.6) is 0 Å². The highest BCUT2D eigenvalue weighted by Crippen LogP contribution is 2.47. The minimum absolute atomic E-state index is 0.0262. The van der Waals surface area contributed by atoms with Crippen LogP contribution in [0.2, 0.25) is 0 Å². The summed E-state index contributed by atoms with van der Waals surface area (Å²) >= 11 is 0. The Labute approximate surface area is 138 Å². The Morgan fingerprint density at radius 2 is 1.91 bits per heavy atom. The van der Waals surface area contributed by atoms with E-state index in [-0.39, 0.29) is 30.0 Å². The number of carbonyl (C=O) groups is 1. The zero-order valence-electron chi connectivity index (χ0n) is 14.0. The van der Waals surface area contributed by atoms with E-state index in [1.54, 1.807) is 6.92 Å². The van der Waals surface area contributed by atoms with Crippen molar-refractivity contribution in [3.63, 3.8) is 0 Å². The van der Waals surface area contributed by atoms with Crippen molar-refractivity contribution in [2.75, 3.05) is 18.8 Å². The van der Waals surface area contributed by atoms with Gasteiger partial charge in [0.2, 0.25) is 15.9 Å². The van der Waals surface area contributed by atoms with Gasteiger partial charge in [-0.25, -0.2) is 13.1 Å². The summed E-state index contributed by atoms with van der Waals surface area (Å²) in [6.07, 6.45) is 0.840. The molecule has 5 nitrogen and oxygen atoms in total. The van der Waals surface area contributed by atoms with Gasteiger partial charge in [0.25, 0.3) is 0 Å². The normalized spacial score (nSPS) is 20.5. The number of sulfonamides is 1. The molecule has 1 saturated carbocycles. The van der Waals surface area contributed by atoms with Gasteiger partial charge in [0.15, 0.2) is 0 Å². The number of carbonyl (C=O) groups excluding carboxylic acids is 1. The molecule has 6 heteroatoms. The summed E-state index contributed by atoms with van der Waals surface area (Å²) in [5, 5.41) is 2.73. The molecule has 2 N–H and O–H groups in total. The highest BCUT2D eigenvalue weighted by molar-refractivity contribution is 7.89. The molecule has 0 heterocycles. The van der Waals surface area contributed by atoms with Crippen LogP contribution in [0.4, 0.5) is 0 Å². The van der Waals surface area contributed by atoms with Crippen molar-refractivity contribution >= 4 is 15.9 Å². The van der Waals surface area contributed by atoms with E-state index in [9.17, 15) is 13.2 Å². The molecule has 0 aromatic heterocycles. The van der Waals surface area contributed by atoms with Crippen molar-refractivity contribution in [1.29, 1.82) is 0 Å². The predicted molar refractivity (Wildman–Crippen MR) is 91.9 cm³/mol. The molecule has 1 fully saturated rings. The summed E-state index contributed by atoms with van der Waals surface area (Å²) in [6.45, 7) is 6.57. The molecule has 0 spiro atoms. The number of rotatable bonds is 8. The Kier molecular flexibility index (Phi) is 5.81. The highest BCUT2D eigenvalue weighted by atomic mass is 32.2. The van der Waals surface area contributed by atoms with Crippen LogP contribution in [0, 0.1) is 5.92 Å². The second kappa shape index (κ2) is 7.45. The second-order valence-corrected chi connectivity index (χ2v) is 8.30. The van der Waals surface area contributed by atoms with Gasteiger partial charge in [-0.3, -0.25) is 4.79 Å². The topological polar surface area (TPSA) is 75.3 Å². The Morgan fingerprint density at radius 1 is 1.26 bits per heavy atom. The van der Waals surface area contributed by atoms with Crippen LogP contribution in [-0.2, 0) is 14.8 Å². The molecule has 1 aliphatic rings. The summed E-state index contributed by atoms with van der Waals surface area (Å²) in [6, 6.07) is 8.44. The second-order valence-electron chi connectivity index (χ2n) is 6.38. The van der Waals surface area contributed by atoms with Gasteiger partial charge in [0.05, 0.1) is 5.75 Å². The first-order chi connectivity index (χ1) is 10.8. The molecule has 0 unspecified atom stereocenters. The number of amides is 1. The van der Waals surface area contributed by atoms with E-state index in [1.807, 2.05) is 0 Å². The molecular weight excluding hydrogens is 312 g/mol. The SMILES string of the molecule is CCNS(=O)(=O)CCNC(=O)[C@H]1C[C@H]1c1ccc(C(C)C)cc1.